The third-order valence-corrected chi connectivity index (χ3v) is 5.09. The lowest BCUT2D eigenvalue weighted by atomic mass is 10.1. The largest absolute Gasteiger partial charge is 0.490 e. The van der Waals surface area contributed by atoms with Crippen LogP contribution in [0.5, 0.6) is 11.5 Å². The molecule has 0 aromatic heterocycles. The first-order valence-electron chi connectivity index (χ1n) is 9.71. The minimum atomic E-state index is -1.04. The molecule has 7 nitrogen and oxygen atoms in total. The second-order valence-electron chi connectivity index (χ2n) is 6.68. The van der Waals surface area contributed by atoms with Gasteiger partial charge in [-0.3, -0.25) is 10.1 Å². The number of halogens is 1. The molecular weight excluding hydrogens is 474 g/mol. The van der Waals surface area contributed by atoms with Crippen LogP contribution in [0.4, 0.5) is 4.79 Å². The number of nitrogens with one attached hydrogen (secondary N) is 1. The Bertz CT molecular complexity index is 1240. The maximum atomic E-state index is 11.9. The van der Waals surface area contributed by atoms with E-state index in [1.54, 1.807) is 18.2 Å². The molecule has 3 rings (SSSR count). The second kappa shape index (κ2) is 10.5. The van der Waals surface area contributed by atoms with Crippen LogP contribution in [0, 0.1) is 11.3 Å². The Morgan fingerprint density at radius 3 is 2.62 bits per heavy atom. The van der Waals surface area contributed by atoms with Gasteiger partial charge in [0.15, 0.2) is 11.5 Å². The highest BCUT2D eigenvalue weighted by molar-refractivity contribution is 9.10. The summed E-state index contributed by atoms with van der Waals surface area (Å²) in [6.45, 7) is 2.54. The molecule has 32 heavy (non-hydrogen) atoms. The molecule has 3 aromatic rings. The molecule has 0 aliphatic rings. The number of nitrogens with zero attached hydrogens (tertiary/aromatic N) is 1. The molecule has 8 heteroatoms. The SMILES string of the molecule is CCOc1cc(/C=C(/C#N)C(=O)NC(N)=O)cc(Br)c1OCc1cccc2ccccc12. The van der Waals surface area contributed by atoms with Gasteiger partial charge < -0.3 is 15.2 Å². The van der Waals surface area contributed by atoms with Crippen LogP contribution in [0.3, 0.4) is 0 Å². The van der Waals surface area contributed by atoms with Crippen LogP contribution in [0.2, 0.25) is 0 Å². The highest BCUT2D eigenvalue weighted by Gasteiger charge is 2.15. The van der Waals surface area contributed by atoms with E-state index in [1.165, 1.54) is 6.08 Å². The Kier molecular flexibility index (Phi) is 7.47. The van der Waals surface area contributed by atoms with Gasteiger partial charge in [-0.25, -0.2) is 4.79 Å². The molecule has 0 heterocycles. The smallest absolute Gasteiger partial charge is 0.319 e. The zero-order chi connectivity index (χ0) is 23.1. The monoisotopic (exact) mass is 493 g/mol. The van der Waals surface area contributed by atoms with Crippen molar-refractivity contribution in [3.8, 4) is 17.6 Å². The van der Waals surface area contributed by atoms with Gasteiger partial charge in [-0.15, -0.1) is 0 Å². The minimum Gasteiger partial charge on any atom is -0.490 e. The molecule has 0 aliphatic heterocycles. The van der Waals surface area contributed by atoms with Crippen molar-refractivity contribution in [2.75, 3.05) is 6.61 Å². The van der Waals surface area contributed by atoms with Gasteiger partial charge in [-0.2, -0.15) is 5.26 Å². The molecule has 0 aliphatic carbocycles. The Labute approximate surface area is 193 Å². The lowest BCUT2D eigenvalue weighted by Crippen LogP contribution is -2.35. The van der Waals surface area contributed by atoms with Crippen molar-refractivity contribution in [3.05, 3.63) is 75.8 Å². The van der Waals surface area contributed by atoms with Gasteiger partial charge in [0.1, 0.15) is 18.2 Å². The van der Waals surface area contributed by atoms with Crippen LogP contribution >= 0.6 is 15.9 Å². The van der Waals surface area contributed by atoms with E-state index >= 15 is 0 Å². The van der Waals surface area contributed by atoms with E-state index in [0.29, 0.717) is 34.7 Å². The summed E-state index contributed by atoms with van der Waals surface area (Å²) >= 11 is 3.49. The number of carbonyl (C=O) groups excluding carboxylic acids is 2. The molecule has 162 valence electrons. The molecule has 0 saturated heterocycles. The molecule has 3 aromatic carbocycles. The van der Waals surface area contributed by atoms with Crippen LogP contribution in [-0.4, -0.2) is 18.5 Å². The summed E-state index contributed by atoms with van der Waals surface area (Å²) in [4.78, 5) is 22.8. The summed E-state index contributed by atoms with van der Waals surface area (Å²) in [6.07, 6.45) is 1.33. The van der Waals surface area contributed by atoms with E-state index in [-0.39, 0.29) is 5.57 Å². The summed E-state index contributed by atoms with van der Waals surface area (Å²) in [5.41, 5.74) is 6.21. The second-order valence-corrected chi connectivity index (χ2v) is 7.53. The van der Waals surface area contributed by atoms with Gasteiger partial charge >= 0.3 is 6.03 Å². The van der Waals surface area contributed by atoms with Crippen LogP contribution in [0.25, 0.3) is 16.8 Å². The predicted octanol–water partition coefficient (Wildman–Crippen LogP) is 4.68. The number of ether oxygens (including phenoxy) is 2. The van der Waals surface area contributed by atoms with E-state index in [9.17, 15) is 14.9 Å². The molecule has 0 unspecified atom stereocenters. The van der Waals surface area contributed by atoms with Gasteiger partial charge in [0, 0.05) is 0 Å². The number of nitriles is 1. The average Bonchev–Trinajstić information content (AvgIpc) is 2.76. The molecule has 0 radical (unpaired) electrons. The number of fused-ring (bicyclic) bond motifs is 1. The summed E-state index contributed by atoms with van der Waals surface area (Å²) in [7, 11) is 0. The number of benzene rings is 3. The average molecular weight is 494 g/mol. The third-order valence-electron chi connectivity index (χ3n) is 4.50. The topological polar surface area (TPSA) is 114 Å². The van der Waals surface area contributed by atoms with Crippen molar-refractivity contribution in [2.45, 2.75) is 13.5 Å². The van der Waals surface area contributed by atoms with Gasteiger partial charge in [0.05, 0.1) is 11.1 Å². The maximum absolute atomic E-state index is 11.9. The summed E-state index contributed by atoms with van der Waals surface area (Å²) < 4.78 is 12.4. The van der Waals surface area contributed by atoms with Gasteiger partial charge in [0.25, 0.3) is 5.91 Å². The summed E-state index contributed by atoms with van der Waals surface area (Å²) in [6, 6.07) is 18.2. The van der Waals surface area contributed by atoms with Crippen molar-refractivity contribution in [1.82, 2.24) is 5.32 Å². The number of urea groups is 1. The first-order chi connectivity index (χ1) is 15.4. The Morgan fingerprint density at radius 2 is 1.91 bits per heavy atom. The molecule has 0 fully saturated rings. The van der Waals surface area contributed by atoms with E-state index in [0.717, 1.165) is 16.3 Å². The Morgan fingerprint density at radius 1 is 1.16 bits per heavy atom. The third kappa shape index (κ3) is 5.45. The Balaban J connectivity index is 1.92. The normalized spacial score (nSPS) is 11.0. The maximum Gasteiger partial charge on any atom is 0.319 e. The fraction of sp³-hybridized carbons (Fsp3) is 0.125. The molecule has 0 spiro atoms. The van der Waals surface area contributed by atoms with Crippen molar-refractivity contribution >= 4 is 44.7 Å². The Hall–Kier alpha value is -3.83. The first-order valence-corrected chi connectivity index (χ1v) is 10.5. The number of hydrogen-bond donors (Lipinski definition) is 2. The standard InChI is InChI=1S/C24H20BrN3O4/c1-2-31-21-12-15(10-18(13-26)23(29)28-24(27)30)11-20(25)22(21)32-14-17-8-5-7-16-6-3-4-9-19(16)17/h3-12H,2,14H2,1H3,(H3,27,28,29,30)/b18-10-. The van der Waals surface area contributed by atoms with Gasteiger partial charge in [0.2, 0.25) is 0 Å². The minimum absolute atomic E-state index is 0.275. The molecule has 3 amide bonds. The van der Waals surface area contributed by atoms with Crippen LogP contribution in [-0.2, 0) is 11.4 Å². The van der Waals surface area contributed by atoms with Crippen molar-refractivity contribution in [1.29, 1.82) is 5.26 Å². The lowest BCUT2D eigenvalue weighted by molar-refractivity contribution is -0.115. The number of rotatable bonds is 7. The molecule has 0 saturated carbocycles. The molecular formula is C24H20BrN3O4. The quantitative estimate of drug-likeness (QED) is 0.366. The number of primary amides is 1. The molecule has 0 atom stereocenters. The van der Waals surface area contributed by atoms with E-state index in [2.05, 4.69) is 15.9 Å². The highest BCUT2D eigenvalue weighted by Crippen LogP contribution is 2.38. The zero-order valence-electron chi connectivity index (χ0n) is 17.2. The van der Waals surface area contributed by atoms with Crippen LogP contribution in [0.1, 0.15) is 18.1 Å². The number of hydrogen-bond acceptors (Lipinski definition) is 5. The number of amides is 3. The van der Waals surface area contributed by atoms with E-state index in [1.807, 2.05) is 54.7 Å². The predicted molar refractivity (Wildman–Crippen MR) is 125 cm³/mol. The molecule has 3 N–H and O–H groups in total. The number of nitrogens with two attached hydrogens (primary N) is 1. The summed E-state index contributed by atoms with van der Waals surface area (Å²) in [5.74, 6) is 0.0587. The summed E-state index contributed by atoms with van der Waals surface area (Å²) in [5, 5.41) is 13.4. The van der Waals surface area contributed by atoms with Crippen LogP contribution in [0.15, 0.2) is 64.6 Å². The number of imide groups is 1. The fourth-order valence-electron chi connectivity index (χ4n) is 3.14. The first kappa shape index (κ1) is 22.8. The van der Waals surface area contributed by atoms with Crippen molar-refractivity contribution in [2.24, 2.45) is 5.73 Å². The highest BCUT2D eigenvalue weighted by atomic mass is 79.9. The van der Waals surface area contributed by atoms with Crippen molar-refractivity contribution in [3.63, 3.8) is 0 Å². The van der Waals surface area contributed by atoms with Crippen LogP contribution < -0.4 is 20.5 Å². The van der Waals surface area contributed by atoms with Gasteiger partial charge in [-0.1, -0.05) is 42.5 Å². The molecule has 0 bridgehead atoms. The number of carbonyl (C=O) groups is 2. The fourth-order valence-corrected chi connectivity index (χ4v) is 3.71. The van der Waals surface area contributed by atoms with E-state index in [4.69, 9.17) is 15.2 Å². The van der Waals surface area contributed by atoms with Gasteiger partial charge in [-0.05, 0) is 63.0 Å². The van der Waals surface area contributed by atoms with E-state index < -0.39 is 11.9 Å². The zero-order valence-corrected chi connectivity index (χ0v) is 18.8. The van der Waals surface area contributed by atoms with Crippen molar-refractivity contribution < 1.29 is 19.1 Å². The lowest BCUT2D eigenvalue weighted by Gasteiger charge is -2.16.